The quantitative estimate of drug-likeness (QED) is 0.505. The molecule has 0 unspecified atom stereocenters. The van der Waals surface area contributed by atoms with Crippen LogP contribution in [0.5, 0.6) is 0 Å². The Morgan fingerprint density at radius 2 is 2.62 bits per heavy atom. The molecule has 1 heterocycles. The van der Waals surface area contributed by atoms with E-state index in [1.54, 1.807) is 0 Å². The minimum absolute atomic E-state index is 0.370. The van der Waals surface area contributed by atoms with Crippen LogP contribution < -0.4 is 0 Å². The van der Waals surface area contributed by atoms with E-state index in [2.05, 4.69) is 12.1 Å². The van der Waals surface area contributed by atoms with Crippen LogP contribution in [0.15, 0.2) is 5.16 Å². The molecule has 0 saturated heterocycles. The third kappa shape index (κ3) is 0.997. The van der Waals surface area contributed by atoms with Crippen molar-refractivity contribution in [3.8, 4) is 0 Å². The Balaban J connectivity index is 2.32. The van der Waals surface area contributed by atoms with Crippen LogP contribution in [0.3, 0.4) is 0 Å². The van der Waals surface area contributed by atoms with Gasteiger partial charge in [-0.3, -0.25) is 0 Å². The van der Waals surface area contributed by atoms with Crippen LogP contribution >= 0.6 is 0 Å². The lowest BCUT2D eigenvalue weighted by Crippen LogP contribution is -2.03. The van der Waals surface area contributed by atoms with Gasteiger partial charge in [0.15, 0.2) is 0 Å². The summed E-state index contributed by atoms with van der Waals surface area (Å²) in [5.74, 6) is 0. The van der Waals surface area contributed by atoms with Crippen LogP contribution in [0.1, 0.15) is 26.7 Å². The molecule has 1 atom stereocenters. The first-order chi connectivity index (χ1) is 3.83. The Hall–Kier alpha value is -0.530. The molecule has 0 spiro atoms. The molecule has 0 radical (unpaired) electrons. The molecule has 0 N–H and O–H groups in total. The number of nitrogens with zero attached hydrogens (tertiary/aromatic N) is 1. The topological polar surface area (TPSA) is 21.6 Å². The summed E-state index contributed by atoms with van der Waals surface area (Å²) in [4.78, 5) is 5.00. The molecule has 2 nitrogen and oxygen atoms in total. The zero-order valence-corrected chi connectivity index (χ0v) is 5.35. The zero-order chi connectivity index (χ0) is 5.98. The maximum Gasteiger partial charge on any atom is 0.132 e. The maximum atomic E-state index is 5.00. The van der Waals surface area contributed by atoms with Crippen LogP contribution in [0.4, 0.5) is 0 Å². The summed E-state index contributed by atoms with van der Waals surface area (Å²) in [6, 6.07) is 0. The van der Waals surface area contributed by atoms with E-state index in [0.29, 0.717) is 6.10 Å². The van der Waals surface area contributed by atoms with E-state index >= 15 is 0 Å². The molecule has 0 aromatic carbocycles. The number of rotatable bonds is 1. The second-order valence-electron chi connectivity index (χ2n) is 2.17. The summed E-state index contributed by atoms with van der Waals surface area (Å²) in [6.45, 7) is 4.11. The normalized spacial score (nSPS) is 27.2. The average molecular weight is 113 g/mol. The molecule has 0 aliphatic carbocycles. The highest BCUT2D eigenvalue weighted by Crippen LogP contribution is 2.11. The lowest BCUT2D eigenvalue weighted by atomic mass is 10.2. The third-order valence-electron chi connectivity index (χ3n) is 1.34. The molecule has 0 saturated carbocycles. The fraction of sp³-hybridized carbons (Fsp3) is 0.833. The van der Waals surface area contributed by atoms with Crippen LogP contribution in [-0.4, -0.2) is 11.8 Å². The molecule has 1 aliphatic rings. The molecular formula is C6H11NO. The van der Waals surface area contributed by atoms with E-state index < -0.39 is 0 Å². The van der Waals surface area contributed by atoms with Gasteiger partial charge in [0, 0.05) is 6.42 Å². The van der Waals surface area contributed by atoms with Gasteiger partial charge in [0.1, 0.15) is 6.10 Å². The van der Waals surface area contributed by atoms with E-state index in [-0.39, 0.29) is 0 Å². The standard InChI is InChI=1S/C6H11NO/c1-3-6-4-5(2)7-8-6/h6H,3-4H2,1-2H3/t6-/m0/s1. The number of hydrogen-bond donors (Lipinski definition) is 0. The fourth-order valence-electron chi connectivity index (χ4n) is 0.787. The van der Waals surface area contributed by atoms with Gasteiger partial charge in [-0.1, -0.05) is 12.1 Å². The van der Waals surface area contributed by atoms with Crippen molar-refractivity contribution in [1.29, 1.82) is 0 Å². The molecule has 0 fully saturated rings. The molecule has 1 rings (SSSR count). The zero-order valence-electron chi connectivity index (χ0n) is 5.35. The van der Waals surface area contributed by atoms with Gasteiger partial charge in [0.05, 0.1) is 5.71 Å². The van der Waals surface area contributed by atoms with Gasteiger partial charge in [-0.05, 0) is 13.3 Å². The molecule has 8 heavy (non-hydrogen) atoms. The monoisotopic (exact) mass is 113 g/mol. The molecule has 1 aliphatic heterocycles. The van der Waals surface area contributed by atoms with Gasteiger partial charge in [0.25, 0.3) is 0 Å². The van der Waals surface area contributed by atoms with E-state index in [1.165, 1.54) is 0 Å². The van der Waals surface area contributed by atoms with Gasteiger partial charge in [-0.25, -0.2) is 0 Å². The summed E-state index contributed by atoms with van der Waals surface area (Å²) in [6.07, 6.45) is 2.46. The minimum Gasteiger partial charge on any atom is -0.392 e. The van der Waals surface area contributed by atoms with Crippen molar-refractivity contribution in [3.63, 3.8) is 0 Å². The van der Waals surface area contributed by atoms with Gasteiger partial charge in [0.2, 0.25) is 0 Å². The van der Waals surface area contributed by atoms with Crippen molar-refractivity contribution < 1.29 is 4.84 Å². The molecule has 0 bridgehead atoms. The van der Waals surface area contributed by atoms with Crippen LogP contribution in [0.2, 0.25) is 0 Å². The maximum absolute atomic E-state index is 5.00. The number of hydrogen-bond acceptors (Lipinski definition) is 2. The van der Waals surface area contributed by atoms with Crippen LogP contribution in [-0.2, 0) is 4.84 Å². The SMILES string of the molecule is CC[C@H]1CC(C)=NO1. The first-order valence-corrected chi connectivity index (χ1v) is 3.02. The molecule has 46 valence electrons. The van der Waals surface area contributed by atoms with Crippen LogP contribution in [0, 0.1) is 0 Å². The summed E-state index contributed by atoms with van der Waals surface area (Å²) in [5.41, 5.74) is 1.12. The van der Waals surface area contributed by atoms with Crippen molar-refractivity contribution in [1.82, 2.24) is 0 Å². The molecule has 0 amide bonds. The van der Waals surface area contributed by atoms with Gasteiger partial charge in [-0.15, -0.1) is 0 Å². The number of oxime groups is 1. The van der Waals surface area contributed by atoms with E-state index in [9.17, 15) is 0 Å². The molecule has 0 aromatic heterocycles. The molecule has 2 heteroatoms. The molecular weight excluding hydrogens is 102 g/mol. The van der Waals surface area contributed by atoms with Gasteiger partial charge in [-0.2, -0.15) is 0 Å². The van der Waals surface area contributed by atoms with Crippen molar-refractivity contribution in [2.24, 2.45) is 5.16 Å². The highest BCUT2D eigenvalue weighted by atomic mass is 16.6. The summed E-state index contributed by atoms with van der Waals surface area (Å²) >= 11 is 0. The lowest BCUT2D eigenvalue weighted by Gasteiger charge is -2.00. The first-order valence-electron chi connectivity index (χ1n) is 3.02. The van der Waals surface area contributed by atoms with E-state index in [0.717, 1.165) is 18.6 Å². The fourth-order valence-corrected chi connectivity index (χ4v) is 0.787. The van der Waals surface area contributed by atoms with Crippen molar-refractivity contribution >= 4 is 5.71 Å². The Morgan fingerprint density at radius 1 is 1.88 bits per heavy atom. The Morgan fingerprint density at radius 3 is 2.88 bits per heavy atom. The third-order valence-corrected chi connectivity index (χ3v) is 1.34. The lowest BCUT2D eigenvalue weighted by molar-refractivity contribution is 0.0829. The first kappa shape index (κ1) is 5.60. The second kappa shape index (κ2) is 2.16. The predicted molar refractivity (Wildman–Crippen MR) is 32.9 cm³/mol. The van der Waals surface area contributed by atoms with E-state index in [4.69, 9.17) is 4.84 Å². The summed E-state index contributed by atoms with van der Waals surface area (Å²) in [7, 11) is 0. The Bertz CT molecular complexity index is 109. The van der Waals surface area contributed by atoms with Crippen molar-refractivity contribution in [2.75, 3.05) is 0 Å². The van der Waals surface area contributed by atoms with Gasteiger partial charge >= 0.3 is 0 Å². The van der Waals surface area contributed by atoms with Crippen LogP contribution in [0.25, 0.3) is 0 Å². The largest absolute Gasteiger partial charge is 0.392 e. The van der Waals surface area contributed by atoms with Crippen molar-refractivity contribution in [3.05, 3.63) is 0 Å². The Labute approximate surface area is 49.5 Å². The second-order valence-corrected chi connectivity index (χ2v) is 2.17. The summed E-state index contributed by atoms with van der Waals surface area (Å²) < 4.78 is 0. The average Bonchev–Trinajstić information content (AvgIpc) is 2.14. The minimum atomic E-state index is 0.370. The highest BCUT2D eigenvalue weighted by molar-refractivity contribution is 5.82. The van der Waals surface area contributed by atoms with E-state index in [1.807, 2.05) is 6.92 Å². The smallest absolute Gasteiger partial charge is 0.132 e. The van der Waals surface area contributed by atoms with Gasteiger partial charge < -0.3 is 4.84 Å². The Kier molecular flexibility index (Phi) is 1.51. The predicted octanol–water partition coefficient (Wildman–Crippen LogP) is 1.56. The highest BCUT2D eigenvalue weighted by Gasteiger charge is 2.14. The summed E-state index contributed by atoms with van der Waals surface area (Å²) in [5, 5.41) is 3.81. The van der Waals surface area contributed by atoms with Crippen molar-refractivity contribution in [2.45, 2.75) is 32.8 Å². The molecule has 0 aromatic rings.